The summed E-state index contributed by atoms with van der Waals surface area (Å²) in [4.78, 5) is 13.7. The molecule has 2 amide bonds. The maximum absolute atomic E-state index is 12.0. The Morgan fingerprint density at radius 1 is 1.37 bits per heavy atom. The molecule has 1 atom stereocenters. The largest absolute Gasteiger partial charge is 0.391 e. The summed E-state index contributed by atoms with van der Waals surface area (Å²) in [5, 5.41) is 12.3. The van der Waals surface area contributed by atoms with Crippen LogP contribution in [-0.4, -0.2) is 35.2 Å². The predicted octanol–water partition coefficient (Wildman–Crippen LogP) is 2.41. The molecule has 1 fully saturated rings. The number of aliphatic hydroxyl groups is 1. The molecule has 4 heteroatoms. The van der Waals surface area contributed by atoms with Gasteiger partial charge in [0.05, 0.1) is 6.10 Å². The van der Waals surface area contributed by atoms with E-state index in [1.807, 2.05) is 12.1 Å². The number of urea groups is 1. The van der Waals surface area contributed by atoms with Crippen LogP contribution >= 0.6 is 0 Å². The number of likely N-dealkylation sites (tertiary alicyclic amines) is 1. The molecule has 1 aliphatic rings. The van der Waals surface area contributed by atoms with Crippen molar-refractivity contribution in [1.29, 1.82) is 0 Å². The zero-order chi connectivity index (χ0) is 13.8. The molecular weight excluding hydrogens is 240 g/mol. The maximum atomic E-state index is 12.0. The molecule has 1 aromatic carbocycles. The van der Waals surface area contributed by atoms with Crippen LogP contribution in [0.3, 0.4) is 0 Å². The number of hydrogen-bond donors (Lipinski definition) is 2. The van der Waals surface area contributed by atoms with Gasteiger partial charge in [0.15, 0.2) is 0 Å². The predicted molar refractivity (Wildman–Crippen MR) is 76.4 cm³/mol. The lowest BCUT2D eigenvalue weighted by Gasteiger charge is -2.17. The van der Waals surface area contributed by atoms with Gasteiger partial charge >= 0.3 is 6.03 Å². The molecule has 0 radical (unpaired) electrons. The molecule has 104 valence electrons. The number of nitrogens with zero attached hydrogens (tertiary/aromatic N) is 1. The number of amides is 2. The highest BCUT2D eigenvalue weighted by Crippen LogP contribution is 2.18. The van der Waals surface area contributed by atoms with E-state index in [1.54, 1.807) is 4.90 Å². The first-order valence-electron chi connectivity index (χ1n) is 6.99. The van der Waals surface area contributed by atoms with Crippen molar-refractivity contribution in [3.05, 3.63) is 29.3 Å². The number of anilines is 1. The smallest absolute Gasteiger partial charge is 0.321 e. The van der Waals surface area contributed by atoms with Crippen molar-refractivity contribution in [2.45, 2.75) is 39.2 Å². The summed E-state index contributed by atoms with van der Waals surface area (Å²) < 4.78 is 0. The molecule has 0 aromatic heterocycles. The minimum Gasteiger partial charge on any atom is -0.391 e. The van der Waals surface area contributed by atoms with E-state index in [9.17, 15) is 9.90 Å². The number of carbonyl (C=O) groups is 1. The van der Waals surface area contributed by atoms with Crippen molar-refractivity contribution >= 4 is 11.7 Å². The van der Waals surface area contributed by atoms with Gasteiger partial charge in [0.25, 0.3) is 0 Å². The molecule has 1 aliphatic heterocycles. The first kappa shape index (κ1) is 13.9. The van der Waals surface area contributed by atoms with Crippen LogP contribution in [0.4, 0.5) is 10.5 Å². The summed E-state index contributed by atoms with van der Waals surface area (Å²) in [7, 11) is 0. The molecule has 0 aliphatic carbocycles. The Kier molecular flexibility index (Phi) is 4.43. The fourth-order valence-corrected chi connectivity index (χ4v) is 2.51. The third-order valence-electron chi connectivity index (χ3n) is 3.67. The molecular formula is C15H22N2O2. The van der Waals surface area contributed by atoms with Crippen LogP contribution in [0.25, 0.3) is 0 Å². The van der Waals surface area contributed by atoms with E-state index < -0.39 is 0 Å². The first-order chi connectivity index (χ1) is 9.13. The second kappa shape index (κ2) is 6.06. The van der Waals surface area contributed by atoms with Crippen LogP contribution in [0.15, 0.2) is 18.2 Å². The summed E-state index contributed by atoms with van der Waals surface area (Å²) in [6.45, 7) is 5.31. The van der Waals surface area contributed by atoms with E-state index in [2.05, 4.69) is 25.2 Å². The number of rotatable bonds is 3. The van der Waals surface area contributed by atoms with Gasteiger partial charge in [-0.25, -0.2) is 4.79 Å². The van der Waals surface area contributed by atoms with E-state index in [0.29, 0.717) is 19.5 Å². The summed E-state index contributed by atoms with van der Waals surface area (Å²) in [6.07, 6.45) is 2.27. The van der Waals surface area contributed by atoms with Gasteiger partial charge in [0, 0.05) is 18.8 Å². The highest BCUT2D eigenvalue weighted by atomic mass is 16.3. The highest BCUT2D eigenvalue weighted by molar-refractivity contribution is 5.89. The lowest BCUT2D eigenvalue weighted by molar-refractivity contribution is 0.176. The molecule has 19 heavy (non-hydrogen) atoms. The van der Waals surface area contributed by atoms with Gasteiger partial charge in [-0.1, -0.05) is 19.9 Å². The van der Waals surface area contributed by atoms with Crippen LogP contribution in [-0.2, 0) is 12.8 Å². The van der Waals surface area contributed by atoms with Crippen LogP contribution in [0.1, 0.15) is 31.4 Å². The van der Waals surface area contributed by atoms with Crippen molar-refractivity contribution in [1.82, 2.24) is 4.90 Å². The van der Waals surface area contributed by atoms with E-state index in [-0.39, 0.29) is 12.1 Å². The lowest BCUT2D eigenvalue weighted by atomic mass is 10.0. The Labute approximate surface area is 114 Å². The number of aryl methyl sites for hydroxylation is 2. The molecule has 1 unspecified atom stereocenters. The third-order valence-corrected chi connectivity index (χ3v) is 3.67. The SMILES string of the molecule is CCc1ccc(NC(=O)N2CCC(O)C2)cc1CC. The maximum Gasteiger partial charge on any atom is 0.321 e. The quantitative estimate of drug-likeness (QED) is 0.879. The Balaban J connectivity index is 2.04. The molecule has 2 N–H and O–H groups in total. The fourth-order valence-electron chi connectivity index (χ4n) is 2.51. The number of nitrogens with one attached hydrogen (secondary N) is 1. The van der Waals surface area contributed by atoms with Crippen molar-refractivity contribution in [3.63, 3.8) is 0 Å². The van der Waals surface area contributed by atoms with Gasteiger partial charge in [-0.05, 0) is 42.5 Å². The van der Waals surface area contributed by atoms with Crippen LogP contribution in [0.5, 0.6) is 0 Å². The number of hydrogen-bond acceptors (Lipinski definition) is 2. The normalized spacial score (nSPS) is 18.7. The monoisotopic (exact) mass is 262 g/mol. The van der Waals surface area contributed by atoms with Gasteiger partial charge in [0.1, 0.15) is 0 Å². The molecule has 2 rings (SSSR count). The summed E-state index contributed by atoms with van der Waals surface area (Å²) in [5.41, 5.74) is 3.44. The van der Waals surface area contributed by atoms with Crippen molar-refractivity contribution in [3.8, 4) is 0 Å². The van der Waals surface area contributed by atoms with Crippen molar-refractivity contribution in [2.24, 2.45) is 0 Å². The van der Waals surface area contributed by atoms with Crippen molar-refractivity contribution < 1.29 is 9.90 Å². The van der Waals surface area contributed by atoms with Crippen molar-refractivity contribution in [2.75, 3.05) is 18.4 Å². The van der Waals surface area contributed by atoms with Gasteiger partial charge < -0.3 is 15.3 Å². The Bertz CT molecular complexity index is 459. The molecule has 0 bridgehead atoms. The van der Waals surface area contributed by atoms with Crippen LogP contribution in [0.2, 0.25) is 0 Å². The molecule has 0 saturated carbocycles. The lowest BCUT2D eigenvalue weighted by Crippen LogP contribution is -2.33. The molecule has 0 spiro atoms. The second-order valence-corrected chi connectivity index (χ2v) is 5.01. The van der Waals surface area contributed by atoms with Gasteiger partial charge in [-0.15, -0.1) is 0 Å². The first-order valence-corrected chi connectivity index (χ1v) is 6.99. The van der Waals surface area contributed by atoms with Crippen LogP contribution < -0.4 is 5.32 Å². The Morgan fingerprint density at radius 3 is 2.68 bits per heavy atom. The fraction of sp³-hybridized carbons (Fsp3) is 0.533. The number of benzene rings is 1. The third kappa shape index (κ3) is 3.26. The van der Waals surface area contributed by atoms with Crippen LogP contribution in [0, 0.1) is 0 Å². The molecule has 4 nitrogen and oxygen atoms in total. The standard InChI is InChI=1S/C15H22N2O2/c1-3-11-5-6-13(9-12(11)4-2)16-15(19)17-8-7-14(18)10-17/h5-6,9,14,18H,3-4,7-8,10H2,1-2H3,(H,16,19). The topological polar surface area (TPSA) is 52.6 Å². The highest BCUT2D eigenvalue weighted by Gasteiger charge is 2.24. The van der Waals surface area contributed by atoms with E-state index >= 15 is 0 Å². The second-order valence-electron chi connectivity index (χ2n) is 5.01. The zero-order valence-corrected chi connectivity index (χ0v) is 11.6. The average molecular weight is 262 g/mol. The van der Waals surface area contributed by atoms with E-state index in [1.165, 1.54) is 11.1 Å². The summed E-state index contributed by atoms with van der Waals surface area (Å²) in [5.74, 6) is 0. The number of β-amino-alcohol motifs (C(OH)–C–C–N with tert-alkyl or cyclic N) is 1. The summed E-state index contributed by atoms with van der Waals surface area (Å²) in [6, 6.07) is 5.95. The zero-order valence-electron chi connectivity index (χ0n) is 11.6. The average Bonchev–Trinajstić information content (AvgIpc) is 2.85. The van der Waals surface area contributed by atoms with E-state index in [4.69, 9.17) is 0 Å². The minimum absolute atomic E-state index is 0.122. The van der Waals surface area contributed by atoms with Gasteiger partial charge in [-0.3, -0.25) is 0 Å². The molecule has 1 heterocycles. The van der Waals surface area contributed by atoms with Gasteiger partial charge in [-0.2, -0.15) is 0 Å². The Morgan fingerprint density at radius 2 is 2.11 bits per heavy atom. The Hall–Kier alpha value is -1.55. The van der Waals surface area contributed by atoms with E-state index in [0.717, 1.165) is 18.5 Å². The molecule has 1 aromatic rings. The number of aliphatic hydroxyl groups excluding tert-OH is 1. The van der Waals surface area contributed by atoms with Gasteiger partial charge in [0.2, 0.25) is 0 Å². The minimum atomic E-state index is -0.376. The number of carbonyl (C=O) groups excluding carboxylic acids is 1. The molecule has 1 saturated heterocycles. The summed E-state index contributed by atoms with van der Waals surface area (Å²) >= 11 is 0.